The summed E-state index contributed by atoms with van der Waals surface area (Å²) >= 11 is 6.07. The molecule has 36 heavy (non-hydrogen) atoms. The van der Waals surface area contributed by atoms with Crippen LogP contribution < -0.4 is 16.6 Å². The molecule has 0 aliphatic heterocycles. The van der Waals surface area contributed by atoms with Crippen LogP contribution in [0.5, 0.6) is 0 Å². The number of amides is 1. The number of hydrogen-bond acceptors (Lipinski definition) is 5. The monoisotopic (exact) mass is 500 g/mol. The normalized spacial score (nSPS) is 11.0. The molecule has 180 valence electrons. The van der Waals surface area contributed by atoms with Crippen LogP contribution in [0.1, 0.15) is 27.2 Å². The Morgan fingerprint density at radius 2 is 1.72 bits per heavy atom. The quantitative estimate of drug-likeness (QED) is 0.356. The highest BCUT2D eigenvalue weighted by Gasteiger charge is 2.12. The molecule has 1 amide bonds. The van der Waals surface area contributed by atoms with Gasteiger partial charge in [-0.3, -0.25) is 19.3 Å². The number of carbonyl (C=O) groups is 1. The fourth-order valence-electron chi connectivity index (χ4n) is 3.86. The lowest BCUT2D eigenvalue weighted by Gasteiger charge is -2.10. The number of hydrogen-bond donors (Lipinski definition) is 2. The van der Waals surface area contributed by atoms with E-state index in [1.165, 1.54) is 23.0 Å². The van der Waals surface area contributed by atoms with Crippen LogP contribution in [-0.4, -0.2) is 30.2 Å². The van der Waals surface area contributed by atoms with Gasteiger partial charge in [-0.15, -0.1) is 0 Å². The van der Waals surface area contributed by atoms with Crippen LogP contribution in [0.4, 0.5) is 0 Å². The van der Waals surface area contributed by atoms with Crippen molar-refractivity contribution < 1.29 is 4.79 Å². The molecule has 0 saturated carbocycles. The zero-order valence-electron chi connectivity index (χ0n) is 19.0. The Kier molecular flexibility index (Phi) is 6.46. The van der Waals surface area contributed by atoms with Crippen molar-refractivity contribution in [3.63, 3.8) is 0 Å². The number of fused-ring (bicyclic) bond motifs is 1. The number of nitrogens with zero attached hydrogens (tertiary/aromatic N) is 4. The molecule has 0 saturated heterocycles. The Morgan fingerprint density at radius 1 is 0.972 bits per heavy atom. The van der Waals surface area contributed by atoms with Gasteiger partial charge in [0.25, 0.3) is 11.5 Å². The molecule has 5 rings (SSSR count). The van der Waals surface area contributed by atoms with Gasteiger partial charge in [-0.2, -0.15) is 5.10 Å². The smallest absolute Gasteiger partial charge is 0.346 e. The molecule has 0 radical (unpaired) electrons. The molecule has 10 heteroatoms. The van der Waals surface area contributed by atoms with Crippen molar-refractivity contribution in [3.8, 4) is 0 Å². The van der Waals surface area contributed by atoms with E-state index in [2.05, 4.69) is 20.5 Å². The van der Waals surface area contributed by atoms with Gasteiger partial charge in [-0.25, -0.2) is 9.78 Å². The Labute approximate surface area is 210 Å². The van der Waals surface area contributed by atoms with Crippen LogP contribution in [0.2, 0.25) is 5.02 Å². The highest BCUT2D eigenvalue weighted by molar-refractivity contribution is 6.31. The van der Waals surface area contributed by atoms with Gasteiger partial charge in [-0.1, -0.05) is 41.9 Å². The van der Waals surface area contributed by atoms with Crippen LogP contribution in [-0.2, 0) is 19.6 Å². The number of rotatable bonds is 7. The number of halogens is 1. The number of pyridine rings is 1. The molecule has 5 aromatic rings. The summed E-state index contributed by atoms with van der Waals surface area (Å²) in [6, 6.07) is 18.0. The van der Waals surface area contributed by atoms with Crippen molar-refractivity contribution in [1.29, 1.82) is 0 Å². The summed E-state index contributed by atoms with van der Waals surface area (Å²) in [5.74, 6) is -0.377. The van der Waals surface area contributed by atoms with Crippen molar-refractivity contribution in [1.82, 2.24) is 29.6 Å². The third kappa shape index (κ3) is 5.11. The number of nitrogens with one attached hydrogen (secondary N) is 2. The summed E-state index contributed by atoms with van der Waals surface area (Å²) in [4.78, 5) is 40.8. The molecule has 0 atom stereocenters. The summed E-state index contributed by atoms with van der Waals surface area (Å²) in [7, 11) is 0. The molecule has 0 aliphatic carbocycles. The molecule has 0 fully saturated rings. The van der Waals surface area contributed by atoms with Gasteiger partial charge in [0.2, 0.25) is 0 Å². The highest BCUT2D eigenvalue weighted by atomic mass is 35.5. The van der Waals surface area contributed by atoms with Gasteiger partial charge in [0, 0.05) is 35.1 Å². The zero-order chi connectivity index (χ0) is 25.1. The molecule has 3 heterocycles. The van der Waals surface area contributed by atoms with E-state index < -0.39 is 5.69 Å². The Morgan fingerprint density at radius 3 is 2.47 bits per heavy atom. The summed E-state index contributed by atoms with van der Waals surface area (Å²) in [5, 5.41) is 11.4. The van der Waals surface area contributed by atoms with Crippen LogP contribution in [0.15, 0.2) is 88.8 Å². The maximum atomic E-state index is 12.7. The molecule has 9 nitrogen and oxygen atoms in total. The lowest BCUT2D eigenvalue weighted by molar-refractivity contribution is 0.0949. The molecule has 2 aromatic carbocycles. The Bertz CT molecular complexity index is 1670. The van der Waals surface area contributed by atoms with Crippen LogP contribution >= 0.6 is 11.6 Å². The molecule has 0 aliphatic rings. The number of benzene rings is 2. The van der Waals surface area contributed by atoms with E-state index in [1.54, 1.807) is 29.0 Å². The SMILES string of the molecule is O=C(NCc1n[nH]c2ccc(Cl)cc12)c1cnc(=O)n(Cc2ccc(Cn3ccccc3=O)cc2)c1. The first-order chi connectivity index (χ1) is 17.5. The third-order valence-electron chi connectivity index (χ3n) is 5.76. The predicted octanol–water partition coefficient (Wildman–Crippen LogP) is 2.96. The van der Waals surface area contributed by atoms with Crippen molar-refractivity contribution in [2.24, 2.45) is 0 Å². The molecular formula is C26H21ClN6O3. The molecular weight excluding hydrogens is 480 g/mol. The van der Waals surface area contributed by atoms with E-state index >= 15 is 0 Å². The average molecular weight is 501 g/mol. The Balaban J connectivity index is 1.27. The minimum atomic E-state index is -0.459. The molecule has 0 bridgehead atoms. The highest BCUT2D eigenvalue weighted by Crippen LogP contribution is 2.20. The fraction of sp³-hybridized carbons (Fsp3) is 0.115. The van der Waals surface area contributed by atoms with Crippen LogP contribution in [0.25, 0.3) is 10.9 Å². The third-order valence-corrected chi connectivity index (χ3v) is 6.00. The molecule has 2 N–H and O–H groups in total. The largest absolute Gasteiger partial charge is 0.347 e. The lowest BCUT2D eigenvalue weighted by Crippen LogP contribution is -2.28. The first-order valence-electron chi connectivity index (χ1n) is 11.2. The number of carbonyl (C=O) groups excluding carboxylic acids is 1. The Hall–Kier alpha value is -4.50. The van der Waals surface area contributed by atoms with E-state index in [0.717, 1.165) is 22.0 Å². The first-order valence-corrected chi connectivity index (χ1v) is 11.5. The number of aromatic amines is 1. The van der Waals surface area contributed by atoms with Crippen LogP contribution in [0, 0.1) is 0 Å². The maximum absolute atomic E-state index is 12.7. The standard InChI is InChI=1S/C26H21ClN6O3/c27-20-8-9-22-21(11-20)23(31-30-22)13-28-25(35)19-12-29-26(36)33(16-19)15-18-6-4-17(5-7-18)14-32-10-2-1-3-24(32)34/h1-12,16H,13-15H2,(H,28,35)(H,30,31). The first kappa shape index (κ1) is 23.3. The second-order valence-electron chi connectivity index (χ2n) is 8.28. The number of aromatic nitrogens is 5. The lowest BCUT2D eigenvalue weighted by atomic mass is 10.1. The summed E-state index contributed by atoms with van der Waals surface area (Å²) in [6.45, 7) is 0.889. The van der Waals surface area contributed by atoms with Crippen molar-refractivity contribution in [2.75, 3.05) is 0 Å². The van der Waals surface area contributed by atoms with Gasteiger partial charge in [-0.05, 0) is 35.4 Å². The fourth-order valence-corrected chi connectivity index (χ4v) is 4.03. The second kappa shape index (κ2) is 10.0. The van der Waals surface area contributed by atoms with E-state index in [-0.39, 0.29) is 30.1 Å². The van der Waals surface area contributed by atoms with E-state index in [4.69, 9.17) is 11.6 Å². The van der Waals surface area contributed by atoms with Gasteiger partial charge < -0.3 is 9.88 Å². The van der Waals surface area contributed by atoms with E-state index in [1.807, 2.05) is 36.4 Å². The van der Waals surface area contributed by atoms with Crippen molar-refractivity contribution in [3.05, 3.63) is 127 Å². The minimum absolute atomic E-state index is 0.0708. The minimum Gasteiger partial charge on any atom is -0.346 e. The van der Waals surface area contributed by atoms with Gasteiger partial charge in [0.1, 0.15) is 0 Å². The van der Waals surface area contributed by atoms with Crippen molar-refractivity contribution >= 4 is 28.4 Å². The second-order valence-corrected chi connectivity index (χ2v) is 8.72. The topological polar surface area (TPSA) is 115 Å². The summed E-state index contributed by atoms with van der Waals surface area (Å²) in [5.41, 5.74) is 3.02. The van der Waals surface area contributed by atoms with E-state index in [0.29, 0.717) is 17.3 Å². The molecule has 0 spiro atoms. The number of H-pyrrole nitrogens is 1. The van der Waals surface area contributed by atoms with Gasteiger partial charge >= 0.3 is 5.69 Å². The van der Waals surface area contributed by atoms with Gasteiger partial charge in [0.05, 0.1) is 36.4 Å². The summed E-state index contributed by atoms with van der Waals surface area (Å²) in [6.07, 6.45) is 4.48. The zero-order valence-corrected chi connectivity index (χ0v) is 19.8. The van der Waals surface area contributed by atoms with Gasteiger partial charge in [0.15, 0.2) is 0 Å². The average Bonchev–Trinajstić information content (AvgIpc) is 3.28. The maximum Gasteiger partial charge on any atom is 0.347 e. The predicted molar refractivity (Wildman–Crippen MR) is 136 cm³/mol. The molecule has 0 unspecified atom stereocenters. The van der Waals surface area contributed by atoms with Crippen molar-refractivity contribution in [2.45, 2.75) is 19.6 Å². The van der Waals surface area contributed by atoms with E-state index in [9.17, 15) is 14.4 Å². The summed E-state index contributed by atoms with van der Waals surface area (Å²) < 4.78 is 3.00. The molecule has 3 aromatic heterocycles. The van der Waals surface area contributed by atoms with Crippen LogP contribution in [0.3, 0.4) is 0 Å².